The monoisotopic (exact) mass is 284 g/mol. The molecule has 0 N–H and O–H groups in total. The first-order valence-electron chi connectivity index (χ1n) is 5.07. The van der Waals surface area contributed by atoms with E-state index in [4.69, 9.17) is 5.26 Å². The van der Waals surface area contributed by atoms with Crippen molar-refractivity contribution >= 4 is 21.5 Å². The number of nitriles is 1. The van der Waals surface area contributed by atoms with Crippen molar-refractivity contribution < 1.29 is 0 Å². The Hall–Kier alpha value is -1.92. The van der Waals surface area contributed by atoms with Crippen molar-refractivity contribution in [3.05, 3.63) is 70.5 Å². The SMILES string of the molecule is N#C/C=C(/c1ccc(Br)cc1)c1cccnc1. The maximum absolute atomic E-state index is 8.86. The summed E-state index contributed by atoms with van der Waals surface area (Å²) >= 11 is 3.39. The molecular formula is C14H9BrN2. The van der Waals surface area contributed by atoms with Gasteiger partial charge < -0.3 is 0 Å². The predicted octanol–water partition coefficient (Wildman–Crippen LogP) is 3.80. The van der Waals surface area contributed by atoms with Crippen molar-refractivity contribution in [1.82, 2.24) is 4.98 Å². The molecule has 0 aliphatic carbocycles. The average Bonchev–Trinajstić information content (AvgIpc) is 2.38. The number of halogens is 1. The minimum absolute atomic E-state index is 0.883. The topological polar surface area (TPSA) is 36.7 Å². The second kappa shape index (κ2) is 5.42. The molecule has 0 aliphatic heterocycles. The zero-order valence-corrected chi connectivity index (χ0v) is 10.6. The summed E-state index contributed by atoms with van der Waals surface area (Å²) in [6.45, 7) is 0. The summed E-state index contributed by atoms with van der Waals surface area (Å²) in [5, 5.41) is 8.86. The van der Waals surface area contributed by atoms with Crippen LogP contribution in [-0.4, -0.2) is 4.98 Å². The average molecular weight is 285 g/mol. The summed E-state index contributed by atoms with van der Waals surface area (Å²) in [4.78, 5) is 4.07. The zero-order valence-electron chi connectivity index (χ0n) is 8.97. The van der Waals surface area contributed by atoms with Crippen molar-refractivity contribution in [2.24, 2.45) is 0 Å². The van der Waals surface area contributed by atoms with Crippen LogP contribution in [0.25, 0.3) is 5.57 Å². The molecule has 0 aliphatic rings. The van der Waals surface area contributed by atoms with Gasteiger partial charge in [-0.05, 0) is 23.8 Å². The molecule has 0 saturated heterocycles. The Morgan fingerprint density at radius 2 is 1.94 bits per heavy atom. The van der Waals surface area contributed by atoms with Crippen LogP contribution in [0.1, 0.15) is 11.1 Å². The lowest BCUT2D eigenvalue weighted by Crippen LogP contribution is -1.88. The summed E-state index contributed by atoms with van der Waals surface area (Å²) in [7, 11) is 0. The van der Waals surface area contributed by atoms with Gasteiger partial charge in [-0.3, -0.25) is 4.98 Å². The highest BCUT2D eigenvalue weighted by Gasteiger charge is 2.04. The van der Waals surface area contributed by atoms with Crippen LogP contribution in [0.3, 0.4) is 0 Å². The van der Waals surface area contributed by atoms with Crippen LogP contribution in [0, 0.1) is 11.3 Å². The fourth-order valence-electron chi connectivity index (χ4n) is 1.55. The number of benzene rings is 1. The molecule has 0 bridgehead atoms. The Morgan fingerprint density at radius 3 is 2.53 bits per heavy atom. The number of aromatic nitrogens is 1. The highest BCUT2D eigenvalue weighted by atomic mass is 79.9. The van der Waals surface area contributed by atoms with Gasteiger partial charge in [-0.15, -0.1) is 0 Å². The first kappa shape index (κ1) is 11.6. The normalized spacial score (nSPS) is 10.9. The van der Waals surface area contributed by atoms with Crippen LogP contribution < -0.4 is 0 Å². The Balaban J connectivity index is 2.48. The van der Waals surface area contributed by atoms with Gasteiger partial charge >= 0.3 is 0 Å². The van der Waals surface area contributed by atoms with Crippen LogP contribution in [0.15, 0.2) is 59.3 Å². The Kier molecular flexibility index (Phi) is 3.69. The molecular weight excluding hydrogens is 276 g/mol. The van der Waals surface area contributed by atoms with E-state index in [1.807, 2.05) is 36.4 Å². The molecule has 1 aromatic heterocycles. The molecule has 0 radical (unpaired) electrons. The van der Waals surface area contributed by atoms with Crippen molar-refractivity contribution in [3.8, 4) is 6.07 Å². The fraction of sp³-hybridized carbons (Fsp3) is 0. The van der Waals surface area contributed by atoms with E-state index in [2.05, 4.69) is 27.0 Å². The van der Waals surface area contributed by atoms with E-state index in [1.165, 1.54) is 0 Å². The zero-order chi connectivity index (χ0) is 12.1. The lowest BCUT2D eigenvalue weighted by Gasteiger charge is -2.06. The lowest BCUT2D eigenvalue weighted by molar-refractivity contribution is 1.31. The second-order valence-electron chi connectivity index (χ2n) is 3.44. The number of nitrogens with zero attached hydrogens (tertiary/aromatic N) is 2. The van der Waals surface area contributed by atoms with E-state index >= 15 is 0 Å². The minimum Gasteiger partial charge on any atom is -0.264 e. The molecule has 0 fully saturated rings. The largest absolute Gasteiger partial charge is 0.264 e. The minimum atomic E-state index is 0.883. The van der Waals surface area contributed by atoms with Gasteiger partial charge in [-0.1, -0.05) is 34.1 Å². The third-order valence-electron chi connectivity index (χ3n) is 2.34. The van der Waals surface area contributed by atoms with Gasteiger partial charge in [0.05, 0.1) is 6.07 Å². The second-order valence-corrected chi connectivity index (χ2v) is 4.35. The van der Waals surface area contributed by atoms with E-state index in [1.54, 1.807) is 18.5 Å². The number of pyridine rings is 1. The maximum atomic E-state index is 8.86. The lowest BCUT2D eigenvalue weighted by atomic mass is 9.99. The van der Waals surface area contributed by atoms with E-state index < -0.39 is 0 Å². The maximum Gasteiger partial charge on any atom is 0.0918 e. The quantitative estimate of drug-likeness (QED) is 0.787. The van der Waals surface area contributed by atoms with E-state index in [-0.39, 0.29) is 0 Å². The first-order valence-corrected chi connectivity index (χ1v) is 5.86. The summed E-state index contributed by atoms with van der Waals surface area (Å²) in [6.07, 6.45) is 5.01. The van der Waals surface area contributed by atoms with Gasteiger partial charge in [-0.2, -0.15) is 5.26 Å². The molecule has 1 heterocycles. The summed E-state index contributed by atoms with van der Waals surface area (Å²) in [5.74, 6) is 0. The Morgan fingerprint density at radius 1 is 1.18 bits per heavy atom. The molecule has 0 saturated carbocycles. The van der Waals surface area contributed by atoms with Gasteiger partial charge in [0.15, 0.2) is 0 Å². The van der Waals surface area contributed by atoms with E-state index in [0.717, 1.165) is 21.2 Å². The number of hydrogen-bond donors (Lipinski definition) is 0. The smallest absolute Gasteiger partial charge is 0.0918 e. The molecule has 0 amide bonds. The van der Waals surface area contributed by atoms with Gasteiger partial charge in [0, 0.05) is 34.1 Å². The highest BCUT2D eigenvalue weighted by molar-refractivity contribution is 9.10. The molecule has 17 heavy (non-hydrogen) atoms. The first-order chi connectivity index (χ1) is 8.31. The van der Waals surface area contributed by atoms with Gasteiger partial charge in [-0.25, -0.2) is 0 Å². The van der Waals surface area contributed by atoms with E-state index in [0.29, 0.717) is 0 Å². The number of rotatable bonds is 2. The molecule has 2 aromatic rings. The molecule has 0 atom stereocenters. The number of allylic oxidation sites excluding steroid dienone is 1. The van der Waals surface area contributed by atoms with Crippen molar-refractivity contribution in [3.63, 3.8) is 0 Å². The van der Waals surface area contributed by atoms with Crippen LogP contribution in [0.4, 0.5) is 0 Å². The molecule has 0 spiro atoms. The van der Waals surface area contributed by atoms with Crippen molar-refractivity contribution in [1.29, 1.82) is 5.26 Å². The van der Waals surface area contributed by atoms with Crippen LogP contribution >= 0.6 is 15.9 Å². The molecule has 0 unspecified atom stereocenters. The standard InChI is InChI=1S/C14H9BrN2/c15-13-5-3-11(4-6-13)14(7-8-16)12-2-1-9-17-10-12/h1-7,9-10H/b14-7-. The van der Waals surface area contributed by atoms with E-state index in [9.17, 15) is 0 Å². The van der Waals surface area contributed by atoms with Crippen LogP contribution in [-0.2, 0) is 0 Å². The Bertz CT molecular complexity index is 565. The van der Waals surface area contributed by atoms with Crippen molar-refractivity contribution in [2.45, 2.75) is 0 Å². The van der Waals surface area contributed by atoms with Crippen LogP contribution in [0.2, 0.25) is 0 Å². The molecule has 82 valence electrons. The van der Waals surface area contributed by atoms with Crippen molar-refractivity contribution in [2.75, 3.05) is 0 Å². The third kappa shape index (κ3) is 2.80. The number of hydrogen-bond acceptors (Lipinski definition) is 2. The van der Waals surface area contributed by atoms with Crippen LogP contribution in [0.5, 0.6) is 0 Å². The predicted molar refractivity (Wildman–Crippen MR) is 71.1 cm³/mol. The third-order valence-corrected chi connectivity index (χ3v) is 2.87. The highest BCUT2D eigenvalue weighted by Crippen LogP contribution is 2.23. The molecule has 2 nitrogen and oxygen atoms in total. The summed E-state index contributed by atoms with van der Waals surface area (Å²) in [6, 6.07) is 13.7. The van der Waals surface area contributed by atoms with Gasteiger partial charge in [0.1, 0.15) is 0 Å². The summed E-state index contributed by atoms with van der Waals surface area (Å²) in [5.41, 5.74) is 2.83. The molecule has 3 heteroatoms. The molecule has 1 aromatic carbocycles. The summed E-state index contributed by atoms with van der Waals surface area (Å²) < 4.78 is 1.02. The van der Waals surface area contributed by atoms with Gasteiger partial charge in [0.2, 0.25) is 0 Å². The Labute approximate surface area is 108 Å². The fourth-order valence-corrected chi connectivity index (χ4v) is 1.81. The molecule has 2 rings (SSSR count). The van der Waals surface area contributed by atoms with Gasteiger partial charge in [0.25, 0.3) is 0 Å².